The minimum atomic E-state index is 0.0208. The molecular weight excluding hydrogens is 342 g/mol. The third-order valence-corrected chi connectivity index (χ3v) is 4.73. The molecule has 1 aromatic carbocycles. The smallest absolute Gasteiger partial charge is 0.254 e. The first kappa shape index (κ1) is 17.4. The number of carbonyl (C=O) groups is 1. The number of nitrogens with one attached hydrogen (secondary N) is 1. The van der Waals surface area contributed by atoms with Gasteiger partial charge in [-0.2, -0.15) is 14.6 Å². The minimum Gasteiger partial charge on any atom is -0.354 e. The summed E-state index contributed by atoms with van der Waals surface area (Å²) in [4.78, 5) is 25.4. The fraction of sp³-hybridized carbons (Fsp3) is 0.368. The van der Waals surface area contributed by atoms with Gasteiger partial charge < -0.3 is 10.2 Å². The molecule has 0 saturated carbocycles. The Hall–Kier alpha value is -3.00. The van der Waals surface area contributed by atoms with E-state index in [1.165, 1.54) is 6.33 Å². The van der Waals surface area contributed by atoms with Gasteiger partial charge in [-0.25, -0.2) is 4.98 Å². The van der Waals surface area contributed by atoms with E-state index in [1.807, 2.05) is 44.2 Å². The Balaban J connectivity index is 1.36. The van der Waals surface area contributed by atoms with Crippen LogP contribution in [0.4, 0.5) is 11.5 Å². The van der Waals surface area contributed by atoms with Crippen molar-refractivity contribution >= 4 is 23.2 Å². The zero-order valence-electron chi connectivity index (χ0n) is 15.6. The van der Waals surface area contributed by atoms with Gasteiger partial charge in [0.2, 0.25) is 5.91 Å². The number of carbonyl (C=O) groups excluding carboxylic acids is 1. The second-order valence-corrected chi connectivity index (χ2v) is 6.91. The van der Waals surface area contributed by atoms with Crippen molar-refractivity contribution in [3.8, 4) is 0 Å². The van der Waals surface area contributed by atoms with Crippen LogP contribution >= 0.6 is 0 Å². The summed E-state index contributed by atoms with van der Waals surface area (Å²) in [6, 6.07) is 9.89. The van der Waals surface area contributed by atoms with Gasteiger partial charge in [0.15, 0.2) is 0 Å². The van der Waals surface area contributed by atoms with Crippen LogP contribution in [0.3, 0.4) is 0 Å². The van der Waals surface area contributed by atoms with Gasteiger partial charge in [-0.15, -0.1) is 0 Å². The first-order chi connectivity index (χ1) is 13.1. The lowest BCUT2D eigenvalue weighted by Crippen LogP contribution is -2.49. The van der Waals surface area contributed by atoms with Gasteiger partial charge in [0.1, 0.15) is 12.1 Å². The van der Waals surface area contributed by atoms with Crippen molar-refractivity contribution < 1.29 is 4.79 Å². The third-order valence-electron chi connectivity index (χ3n) is 4.73. The van der Waals surface area contributed by atoms with Crippen LogP contribution in [0.1, 0.15) is 11.3 Å². The number of amides is 1. The normalized spacial score (nSPS) is 15.3. The highest BCUT2D eigenvalue weighted by Crippen LogP contribution is 2.18. The first-order valence-corrected chi connectivity index (χ1v) is 9.10. The number of anilines is 2. The summed E-state index contributed by atoms with van der Waals surface area (Å²) >= 11 is 0. The molecule has 3 heterocycles. The zero-order valence-corrected chi connectivity index (χ0v) is 15.6. The van der Waals surface area contributed by atoms with Crippen LogP contribution in [0, 0.1) is 13.8 Å². The van der Waals surface area contributed by atoms with Crippen molar-refractivity contribution in [3.05, 3.63) is 47.9 Å². The standard InChI is InChI=1S/C19H23N7O/c1-14-4-3-5-16(10-14)23-17(27)12-24-6-8-25(9-7-24)18-11-15(2)22-19-20-13-21-26(18)19/h3-5,10-11,13H,6-9,12H2,1-2H3,(H,23,27). The molecule has 8 heteroatoms. The lowest BCUT2D eigenvalue weighted by Gasteiger charge is -2.35. The molecule has 3 aromatic rings. The molecular formula is C19H23N7O. The predicted molar refractivity (Wildman–Crippen MR) is 104 cm³/mol. The van der Waals surface area contributed by atoms with Crippen LogP contribution in [0.15, 0.2) is 36.7 Å². The van der Waals surface area contributed by atoms with E-state index in [-0.39, 0.29) is 5.91 Å². The third kappa shape index (κ3) is 3.90. The number of hydrogen-bond acceptors (Lipinski definition) is 6. The number of rotatable bonds is 4. The van der Waals surface area contributed by atoms with Crippen molar-refractivity contribution in [2.45, 2.75) is 13.8 Å². The maximum atomic E-state index is 12.3. The van der Waals surface area contributed by atoms with E-state index in [0.717, 1.165) is 48.9 Å². The van der Waals surface area contributed by atoms with Gasteiger partial charge in [0.05, 0.1) is 6.54 Å². The van der Waals surface area contributed by atoms with Gasteiger partial charge in [-0.05, 0) is 31.5 Å². The van der Waals surface area contributed by atoms with E-state index < -0.39 is 0 Å². The summed E-state index contributed by atoms with van der Waals surface area (Å²) in [6.07, 6.45) is 1.52. The van der Waals surface area contributed by atoms with E-state index in [1.54, 1.807) is 4.52 Å². The summed E-state index contributed by atoms with van der Waals surface area (Å²) in [6.45, 7) is 7.67. The quantitative estimate of drug-likeness (QED) is 0.755. The Morgan fingerprint density at radius 1 is 1.15 bits per heavy atom. The van der Waals surface area contributed by atoms with Crippen LogP contribution in [-0.2, 0) is 4.79 Å². The average Bonchev–Trinajstić information content (AvgIpc) is 3.10. The van der Waals surface area contributed by atoms with Crippen molar-refractivity contribution in [2.24, 2.45) is 0 Å². The second kappa shape index (κ2) is 7.32. The molecule has 2 aromatic heterocycles. The molecule has 0 atom stereocenters. The monoisotopic (exact) mass is 365 g/mol. The lowest BCUT2D eigenvalue weighted by atomic mass is 10.2. The largest absolute Gasteiger partial charge is 0.354 e. The minimum absolute atomic E-state index is 0.0208. The van der Waals surface area contributed by atoms with Crippen LogP contribution in [0.5, 0.6) is 0 Å². The number of benzene rings is 1. The van der Waals surface area contributed by atoms with E-state index in [4.69, 9.17) is 0 Å². The van der Waals surface area contributed by atoms with E-state index in [0.29, 0.717) is 12.3 Å². The van der Waals surface area contributed by atoms with Crippen molar-refractivity contribution in [2.75, 3.05) is 42.9 Å². The molecule has 1 fully saturated rings. The Labute approximate surface area is 157 Å². The second-order valence-electron chi connectivity index (χ2n) is 6.91. The summed E-state index contributed by atoms with van der Waals surface area (Å²) in [7, 11) is 0. The fourth-order valence-corrected chi connectivity index (χ4v) is 3.40. The predicted octanol–water partition coefficient (Wildman–Crippen LogP) is 1.50. The molecule has 0 aliphatic carbocycles. The molecule has 1 N–H and O–H groups in total. The summed E-state index contributed by atoms with van der Waals surface area (Å²) in [5, 5.41) is 7.26. The molecule has 1 amide bonds. The number of fused-ring (bicyclic) bond motifs is 1. The highest BCUT2D eigenvalue weighted by molar-refractivity contribution is 5.92. The highest BCUT2D eigenvalue weighted by Gasteiger charge is 2.21. The SMILES string of the molecule is Cc1cccc(NC(=O)CN2CCN(c3cc(C)nc4ncnn34)CC2)c1. The molecule has 4 rings (SSSR count). The molecule has 27 heavy (non-hydrogen) atoms. The maximum Gasteiger partial charge on any atom is 0.254 e. The molecule has 8 nitrogen and oxygen atoms in total. The number of nitrogens with zero attached hydrogens (tertiary/aromatic N) is 6. The van der Waals surface area contributed by atoms with E-state index in [9.17, 15) is 4.79 Å². The van der Waals surface area contributed by atoms with Gasteiger partial charge in [-0.1, -0.05) is 12.1 Å². The molecule has 140 valence electrons. The molecule has 1 aliphatic heterocycles. The fourth-order valence-electron chi connectivity index (χ4n) is 3.40. The Kier molecular flexibility index (Phi) is 4.72. The van der Waals surface area contributed by atoms with Crippen molar-refractivity contribution in [1.29, 1.82) is 0 Å². The number of hydrogen-bond donors (Lipinski definition) is 1. The van der Waals surface area contributed by atoms with Crippen LogP contribution in [0.2, 0.25) is 0 Å². The first-order valence-electron chi connectivity index (χ1n) is 9.10. The summed E-state index contributed by atoms with van der Waals surface area (Å²) < 4.78 is 1.77. The number of aryl methyl sites for hydroxylation is 2. The summed E-state index contributed by atoms with van der Waals surface area (Å²) in [5.74, 6) is 1.64. The van der Waals surface area contributed by atoms with Crippen LogP contribution in [0.25, 0.3) is 5.78 Å². The molecule has 0 spiro atoms. The maximum absolute atomic E-state index is 12.3. The van der Waals surface area contributed by atoms with Gasteiger partial charge in [0, 0.05) is 43.6 Å². The molecule has 1 aliphatic rings. The van der Waals surface area contributed by atoms with Gasteiger partial charge in [0.25, 0.3) is 5.78 Å². The molecule has 0 unspecified atom stereocenters. The highest BCUT2D eigenvalue weighted by atomic mass is 16.2. The van der Waals surface area contributed by atoms with Crippen molar-refractivity contribution in [1.82, 2.24) is 24.5 Å². The van der Waals surface area contributed by atoms with Crippen LogP contribution in [-0.4, -0.2) is 63.1 Å². The Morgan fingerprint density at radius 2 is 1.96 bits per heavy atom. The van der Waals surface area contributed by atoms with Crippen molar-refractivity contribution in [3.63, 3.8) is 0 Å². The Morgan fingerprint density at radius 3 is 2.74 bits per heavy atom. The van der Waals surface area contributed by atoms with E-state index >= 15 is 0 Å². The number of aromatic nitrogens is 4. The number of piperazine rings is 1. The average molecular weight is 365 g/mol. The molecule has 1 saturated heterocycles. The van der Waals surface area contributed by atoms with Gasteiger partial charge in [-0.3, -0.25) is 9.69 Å². The molecule has 0 bridgehead atoms. The summed E-state index contributed by atoms with van der Waals surface area (Å²) in [5.41, 5.74) is 2.90. The molecule has 0 radical (unpaired) electrons. The van der Waals surface area contributed by atoms with E-state index in [2.05, 4.69) is 30.2 Å². The Bertz CT molecular complexity index is 960. The zero-order chi connectivity index (χ0) is 18.8. The topological polar surface area (TPSA) is 78.7 Å². The van der Waals surface area contributed by atoms with Crippen LogP contribution < -0.4 is 10.2 Å². The van der Waals surface area contributed by atoms with Gasteiger partial charge >= 0.3 is 0 Å². The lowest BCUT2D eigenvalue weighted by molar-refractivity contribution is -0.117.